The van der Waals surface area contributed by atoms with Crippen molar-refractivity contribution in [3.8, 4) is 0 Å². The molecule has 0 fully saturated rings. The Bertz CT molecular complexity index is 375. The van der Waals surface area contributed by atoms with Crippen LogP contribution in [0.25, 0.3) is 0 Å². The lowest BCUT2D eigenvalue weighted by Gasteiger charge is -2.28. The van der Waals surface area contributed by atoms with Gasteiger partial charge in [0, 0.05) is 23.8 Å². The Labute approximate surface area is 122 Å². The molecule has 19 heavy (non-hydrogen) atoms. The summed E-state index contributed by atoms with van der Waals surface area (Å²) in [6, 6.07) is 6.36. The van der Waals surface area contributed by atoms with Gasteiger partial charge in [-0.2, -0.15) is 0 Å². The average Bonchev–Trinajstić information content (AvgIpc) is 2.43. The molecule has 0 aliphatic carbocycles. The number of halogens is 1. The molecule has 3 heteroatoms. The van der Waals surface area contributed by atoms with Crippen molar-refractivity contribution in [3.05, 3.63) is 28.8 Å². The minimum Gasteiger partial charge on any atom is -0.371 e. The van der Waals surface area contributed by atoms with E-state index in [-0.39, 0.29) is 0 Å². The first-order chi connectivity index (χ1) is 9.15. The van der Waals surface area contributed by atoms with Crippen LogP contribution in [0.2, 0.25) is 5.02 Å². The van der Waals surface area contributed by atoms with Gasteiger partial charge in [0.25, 0.3) is 0 Å². The lowest BCUT2D eigenvalue weighted by molar-refractivity contribution is 0.486. The molecule has 0 saturated heterocycles. The molecular formula is C16H27ClN2. The second-order valence-electron chi connectivity index (χ2n) is 5.04. The van der Waals surface area contributed by atoms with Crippen molar-refractivity contribution in [1.82, 2.24) is 0 Å². The van der Waals surface area contributed by atoms with Gasteiger partial charge in [-0.15, -0.1) is 0 Å². The van der Waals surface area contributed by atoms with Crippen LogP contribution in [0.4, 0.5) is 5.69 Å². The molecule has 0 amide bonds. The summed E-state index contributed by atoms with van der Waals surface area (Å²) in [6.45, 7) is 9.49. The number of hydrogen-bond donors (Lipinski definition) is 1. The molecule has 2 nitrogen and oxygen atoms in total. The highest BCUT2D eigenvalue weighted by molar-refractivity contribution is 6.31. The van der Waals surface area contributed by atoms with Gasteiger partial charge in [0.05, 0.1) is 0 Å². The van der Waals surface area contributed by atoms with E-state index in [0.717, 1.165) is 36.0 Å². The van der Waals surface area contributed by atoms with E-state index >= 15 is 0 Å². The zero-order valence-corrected chi connectivity index (χ0v) is 13.2. The van der Waals surface area contributed by atoms with Gasteiger partial charge in [0.15, 0.2) is 0 Å². The number of anilines is 1. The zero-order chi connectivity index (χ0) is 14.3. The lowest BCUT2D eigenvalue weighted by atomic mass is 10.0. The molecule has 0 heterocycles. The summed E-state index contributed by atoms with van der Waals surface area (Å²) >= 11 is 6.33. The zero-order valence-electron chi connectivity index (χ0n) is 12.5. The standard InChI is InChI=1S/C16H27ClN2/c1-4-13(5-2)12-19(6-3)15-8-7-14(9-10-18)16(17)11-15/h7-8,11,13H,4-6,9-10,12,18H2,1-3H3. The molecule has 0 radical (unpaired) electrons. The number of nitrogens with two attached hydrogens (primary N) is 1. The molecule has 0 aliphatic heterocycles. The Morgan fingerprint density at radius 3 is 2.37 bits per heavy atom. The second kappa shape index (κ2) is 8.44. The summed E-state index contributed by atoms with van der Waals surface area (Å²) in [5.74, 6) is 0.752. The highest BCUT2D eigenvalue weighted by Crippen LogP contribution is 2.25. The van der Waals surface area contributed by atoms with Crippen LogP contribution in [0.1, 0.15) is 39.2 Å². The van der Waals surface area contributed by atoms with Crippen LogP contribution >= 0.6 is 11.6 Å². The van der Waals surface area contributed by atoms with E-state index in [1.165, 1.54) is 18.5 Å². The van der Waals surface area contributed by atoms with E-state index in [9.17, 15) is 0 Å². The molecule has 2 N–H and O–H groups in total. The topological polar surface area (TPSA) is 29.3 Å². The largest absolute Gasteiger partial charge is 0.371 e. The average molecular weight is 283 g/mol. The smallest absolute Gasteiger partial charge is 0.0459 e. The van der Waals surface area contributed by atoms with E-state index in [0.29, 0.717) is 6.54 Å². The predicted octanol–water partition coefficient (Wildman–Crippen LogP) is 4.10. The maximum atomic E-state index is 6.33. The van der Waals surface area contributed by atoms with E-state index in [4.69, 9.17) is 17.3 Å². The highest BCUT2D eigenvalue weighted by atomic mass is 35.5. The van der Waals surface area contributed by atoms with Crippen LogP contribution < -0.4 is 10.6 Å². The predicted molar refractivity (Wildman–Crippen MR) is 86.2 cm³/mol. The molecule has 0 unspecified atom stereocenters. The summed E-state index contributed by atoms with van der Waals surface area (Å²) in [6.07, 6.45) is 3.30. The summed E-state index contributed by atoms with van der Waals surface area (Å²) in [5.41, 5.74) is 7.95. The van der Waals surface area contributed by atoms with E-state index in [1.807, 2.05) is 0 Å². The van der Waals surface area contributed by atoms with Gasteiger partial charge in [0.2, 0.25) is 0 Å². The maximum Gasteiger partial charge on any atom is 0.0459 e. The van der Waals surface area contributed by atoms with Gasteiger partial charge >= 0.3 is 0 Å². The number of nitrogens with zero attached hydrogens (tertiary/aromatic N) is 1. The fourth-order valence-corrected chi connectivity index (χ4v) is 2.64. The first kappa shape index (κ1) is 16.3. The van der Waals surface area contributed by atoms with Gasteiger partial charge in [-0.1, -0.05) is 44.4 Å². The summed E-state index contributed by atoms with van der Waals surface area (Å²) in [5, 5.41) is 0.839. The third-order valence-electron chi connectivity index (χ3n) is 3.83. The van der Waals surface area contributed by atoms with Crippen LogP contribution in [0.15, 0.2) is 18.2 Å². The fourth-order valence-electron chi connectivity index (χ4n) is 2.37. The van der Waals surface area contributed by atoms with Crippen molar-refractivity contribution in [1.29, 1.82) is 0 Å². The molecule has 1 aromatic carbocycles. The van der Waals surface area contributed by atoms with Crippen LogP contribution in [0, 0.1) is 5.92 Å². The normalized spacial score (nSPS) is 11.1. The molecule has 1 rings (SSSR count). The van der Waals surface area contributed by atoms with Gasteiger partial charge in [0.1, 0.15) is 0 Å². The molecule has 0 spiro atoms. The van der Waals surface area contributed by atoms with Crippen LogP contribution in [-0.4, -0.2) is 19.6 Å². The first-order valence-corrected chi connectivity index (χ1v) is 7.77. The van der Waals surface area contributed by atoms with Crippen LogP contribution in [-0.2, 0) is 6.42 Å². The Morgan fingerprint density at radius 2 is 1.89 bits per heavy atom. The monoisotopic (exact) mass is 282 g/mol. The molecule has 0 atom stereocenters. The molecule has 0 bridgehead atoms. The minimum atomic E-state index is 0.643. The molecule has 1 aromatic rings. The Morgan fingerprint density at radius 1 is 1.21 bits per heavy atom. The Kier molecular flexibility index (Phi) is 7.25. The van der Waals surface area contributed by atoms with Crippen LogP contribution in [0.3, 0.4) is 0 Å². The Hall–Kier alpha value is -0.730. The summed E-state index contributed by atoms with van der Waals surface area (Å²) in [7, 11) is 0. The quantitative estimate of drug-likeness (QED) is 0.778. The third-order valence-corrected chi connectivity index (χ3v) is 4.18. The minimum absolute atomic E-state index is 0.643. The fraction of sp³-hybridized carbons (Fsp3) is 0.625. The number of hydrogen-bond acceptors (Lipinski definition) is 2. The van der Waals surface area contributed by atoms with Gasteiger partial charge in [-0.25, -0.2) is 0 Å². The van der Waals surface area contributed by atoms with Crippen molar-refractivity contribution in [2.75, 3.05) is 24.5 Å². The number of benzene rings is 1. The highest BCUT2D eigenvalue weighted by Gasteiger charge is 2.12. The Balaban J connectivity index is 2.83. The summed E-state index contributed by atoms with van der Waals surface area (Å²) < 4.78 is 0. The molecule has 0 aromatic heterocycles. The van der Waals surface area contributed by atoms with E-state index in [1.54, 1.807) is 0 Å². The first-order valence-electron chi connectivity index (χ1n) is 7.39. The molecule has 108 valence electrons. The van der Waals surface area contributed by atoms with Gasteiger partial charge in [-0.3, -0.25) is 0 Å². The SMILES string of the molecule is CCC(CC)CN(CC)c1ccc(CCN)c(Cl)c1. The van der Waals surface area contributed by atoms with E-state index < -0.39 is 0 Å². The molecular weight excluding hydrogens is 256 g/mol. The van der Waals surface area contributed by atoms with E-state index in [2.05, 4.69) is 43.9 Å². The molecule has 0 aliphatic rings. The van der Waals surface area contributed by atoms with Gasteiger partial charge in [-0.05, 0) is 43.5 Å². The van der Waals surface area contributed by atoms with Crippen LogP contribution in [0.5, 0.6) is 0 Å². The van der Waals surface area contributed by atoms with Crippen molar-refractivity contribution < 1.29 is 0 Å². The van der Waals surface area contributed by atoms with Crippen molar-refractivity contribution in [2.24, 2.45) is 11.7 Å². The molecule has 0 saturated carbocycles. The lowest BCUT2D eigenvalue weighted by Crippen LogP contribution is -2.29. The maximum absolute atomic E-state index is 6.33. The van der Waals surface area contributed by atoms with Gasteiger partial charge < -0.3 is 10.6 Å². The van der Waals surface area contributed by atoms with Crippen molar-refractivity contribution in [3.63, 3.8) is 0 Å². The summed E-state index contributed by atoms with van der Waals surface area (Å²) in [4.78, 5) is 2.41. The second-order valence-corrected chi connectivity index (χ2v) is 5.44. The third kappa shape index (κ3) is 4.70. The van der Waals surface area contributed by atoms with Crippen molar-refractivity contribution >= 4 is 17.3 Å². The number of rotatable bonds is 8. The van der Waals surface area contributed by atoms with Crippen molar-refractivity contribution in [2.45, 2.75) is 40.0 Å².